The third-order valence-corrected chi connectivity index (χ3v) is 3.16. The van der Waals surface area contributed by atoms with Gasteiger partial charge < -0.3 is 0 Å². The zero-order valence-corrected chi connectivity index (χ0v) is 6.28. The fourth-order valence-electron chi connectivity index (χ4n) is 2.51. The first-order valence-corrected chi connectivity index (χ1v) is 3.97. The summed E-state index contributed by atoms with van der Waals surface area (Å²) in [4.78, 5) is 0. The minimum Gasteiger partial charge on any atom is -0.0735 e. The Morgan fingerprint density at radius 3 is 2.44 bits per heavy atom. The summed E-state index contributed by atoms with van der Waals surface area (Å²) < 4.78 is 0. The number of rotatable bonds is 0. The second-order valence-electron chi connectivity index (χ2n) is 3.60. The lowest BCUT2D eigenvalue weighted by Gasteiger charge is -2.06. The van der Waals surface area contributed by atoms with Crippen molar-refractivity contribution in [2.45, 2.75) is 33.1 Å². The molecule has 0 heterocycles. The molecular weight excluding hydrogens is 108 g/mol. The van der Waals surface area contributed by atoms with Crippen molar-refractivity contribution in [3.05, 3.63) is 11.1 Å². The Hall–Kier alpha value is -0.260. The van der Waals surface area contributed by atoms with Gasteiger partial charge in [-0.2, -0.15) is 0 Å². The highest BCUT2D eigenvalue weighted by Crippen LogP contribution is 2.48. The van der Waals surface area contributed by atoms with Crippen LogP contribution in [-0.2, 0) is 0 Å². The lowest BCUT2D eigenvalue weighted by molar-refractivity contribution is 0.471. The van der Waals surface area contributed by atoms with Gasteiger partial charge in [-0.15, -0.1) is 0 Å². The summed E-state index contributed by atoms with van der Waals surface area (Å²) in [6.07, 6.45) is 4.31. The summed E-state index contributed by atoms with van der Waals surface area (Å²) in [5.41, 5.74) is 3.50. The highest BCUT2D eigenvalue weighted by atomic mass is 14.4. The topological polar surface area (TPSA) is 0 Å². The Bertz CT molecular complexity index is 165. The van der Waals surface area contributed by atoms with Crippen molar-refractivity contribution in [2.24, 2.45) is 11.8 Å². The molecule has 0 nitrogen and oxygen atoms in total. The van der Waals surface area contributed by atoms with Crippen molar-refractivity contribution in [3.63, 3.8) is 0 Å². The van der Waals surface area contributed by atoms with Crippen molar-refractivity contribution in [3.8, 4) is 0 Å². The van der Waals surface area contributed by atoms with Crippen LogP contribution in [0.2, 0.25) is 0 Å². The van der Waals surface area contributed by atoms with E-state index in [0.29, 0.717) is 0 Å². The van der Waals surface area contributed by atoms with Crippen LogP contribution in [0.5, 0.6) is 0 Å². The summed E-state index contributed by atoms with van der Waals surface area (Å²) in [5, 5.41) is 0. The van der Waals surface area contributed by atoms with E-state index in [1.165, 1.54) is 19.3 Å². The van der Waals surface area contributed by atoms with E-state index in [9.17, 15) is 0 Å². The Labute approximate surface area is 57.0 Å². The van der Waals surface area contributed by atoms with E-state index < -0.39 is 0 Å². The van der Waals surface area contributed by atoms with E-state index >= 15 is 0 Å². The second kappa shape index (κ2) is 1.62. The van der Waals surface area contributed by atoms with Crippen LogP contribution in [0, 0.1) is 11.8 Å². The van der Waals surface area contributed by atoms with Gasteiger partial charge >= 0.3 is 0 Å². The highest BCUT2D eigenvalue weighted by Gasteiger charge is 2.34. The van der Waals surface area contributed by atoms with Gasteiger partial charge in [0.15, 0.2) is 0 Å². The predicted octanol–water partition coefficient (Wildman–Crippen LogP) is 2.75. The van der Waals surface area contributed by atoms with Crippen LogP contribution in [0.3, 0.4) is 0 Å². The van der Waals surface area contributed by atoms with Crippen LogP contribution in [0.4, 0.5) is 0 Å². The van der Waals surface area contributed by atoms with E-state index in [2.05, 4.69) is 13.8 Å². The summed E-state index contributed by atoms with van der Waals surface area (Å²) in [6, 6.07) is 0. The molecule has 0 spiro atoms. The van der Waals surface area contributed by atoms with E-state index in [0.717, 1.165) is 11.8 Å². The Balaban J connectivity index is 2.36. The molecule has 1 saturated carbocycles. The maximum absolute atomic E-state index is 2.39. The summed E-state index contributed by atoms with van der Waals surface area (Å²) in [7, 11) is 0. The van der Waals surface area contributed by atoms with Gasteiger partial charge in [0.1, 0.15) is 0 Å². The van der Waals surface area contributed by atoms with Gasteiger partial charge in [-0.3, -0.25) is 0 Å². The first-order chi connectivity index (χ1) is 4.29. The maximum Gasteiger partial charge on any atom is -0.0198 e. The molecule has 0 aliphatic heterocycles. The minimum atomic E-state index is 0.949. The van der Waals surface area contributed by atoms with Crippen LogP contribution in [0.15, 0.2) is 11.1 Å². The first-order valence-electron chi connectivity index (χ1n) is 3.97. The second-order valence-corrected chi connectivity index (χ2v) is 3.60. The minimum absolute atomic E-state index is 0.949. The molecule has 50 valence electrons. The SMILES string of the molecule is CC1=C2CCC(C1)C2C. The molecule has 0 aromatic carbocycles. The third-order valence-electron chi connectivity index (χ3n) is 3.16. The standard InChI is InChI=1S/C9H14/c1-6-5-8-3-4-9(6)7(8)2/h7-8H,3-5H2,1-2H3. The predicted molar refractivity (Wildman–Crippen MR) is 39.2 cm³/mol. The fraction of sp³-hybridized carbons (Fsp3) is 0.778. The maximum atomic E-state index is 2.39. The summed E-state index contributed by atoms with van der Waals surface area (Å²) in [5.74, 6) is 1.99. The van der Waals surface area contributed by atoms with Crippen molar-refractivity contribution in [2.75, 3.05) is 0 Å². The first kappa shape index (κ1) is 5.52. The van der Waals surface area contributed by atoms with Crippen LogP contribution >= 0.6 is 0 Å². The fourth-order valence-corrected chi connectivity index (χ4v) is 2.51. The molecule has 0 heteroatoms. The van der Waals surface area contributed by atoms with E-state index in [1.807, 2.05) is 0 Å². The monoisotopic (exact) mass is 122 g/mol. The average molecular weight is 122 g/mol. The van der Waals surface area contributed by atoms with Gasteiger partial charge in [0.05, 0.1) is 0 Å². The van der Waals surface area contributed by atoms with Crippen LogP contribution < -0.4 is 0 Å². The zero-order valence-electron chi connectivity index (χ0n) is 6.28. The smallest absolute Gasteiger partial charge is 0.0198 e. The lowest BCUT2D eigenvalue weighted by atomic mass is 9.98. The van der Waals surface area contributed by atoms with Gasteiger partial charge in [0.25, 0.3) is 0 Å². The average Bonchev–Trinajstić information content (AvgIpc) is 2.25. The third kappa shape index (κ3) is 0.593. The number of allylic oxidation sites excluding steroid dienone is 2. The van der Waals surface area contributed by atoms with Crippen molar-refractivity contribution < 1.29 is 0 Å². The molecule has 2 aliphatic rings. The van der Waals surface area contributed by atoms with Crippen LogP contribution in [0.25, 0.3) is 0 Å². The zero-order chi connectivity index (χ0) is 6.43. The van der Waals surface area contributed by atoms with Crippen LogP contribution in [-0.4, -0.2) is 0 Å². The molecule has 0 aromatic heterocycles. The van der Waals surface area contributed by atoms with Crippen LogP contribution in [0.1, 0.15) is 33.1 Å². The molecule has 1 fully saturated rings. The number of fused-ring (bicyclic) bond motifs is 2. The van der Waals surface area contributed by atoms with E-state index in [4.69, 9.17) is 0 Å². The molecule has 0 amide bonds. The molecule has 0 N–H and O–H groups in total. The number of hydrogen-bond acceptors (Lipinski definition) is 0. The number of hydrogen-bond donors (Lipinski definition) is 0. The largest absolute Gasteiger partial charge is 0.0735 e. The Kier molecular flexibility index (Phi) is 0.992. The normalized spacial score (nSPS) is 40.7. The van der Waals surface area contributed by atoms with E-state index in [1.54, 1.807) is 11.1 Å². The molecule has 0 aromatic rings. The quantitative estimate of drug-likeness (QED) is 0.433. The van der Waals surface area contributed by atoms with Gasteiger partial charge in [-0.25, -0.2) is 0 Å². The van der Waals surface area contributed by atoms with Crippen molar-refractivity contribution >= 4 is 0 Å². The van der Waals surface area contributed by atoms with Crippen molar-refractivity contribution in [1.29, 1.82) is 0 Å². The molecule has 0 radical (unpaired) electrons. The van der Waals surface area contributed by atoms with Gasteiger partial charge in [0, 0.05) is 0 Å². The van der Waals surface area contributed by atoms with Gasteiger partial charge in [-0.1, -0.05) is 18.1 Å². The molecular formula is C9H14. The molecule has 2 bridgehead atoms. The molecule has 9 heavy (non-hydrogen) atoms. The van der Waals surface area contributed by atoms with Crippen molar-refractivity contribution in [1.82, 2.24) is 0 Å². The van der Waals surface area contributed by atoms with E-state index in [-0.39, 0.29) is 0 Å². The molecule has 2 rings (SSSR count). The molecule has 2 atom stereocenters. The lowest BCUT2D eigenvalue weighted by Crippen LogP contribution is -1.97. The molecule has 2 aliphatic carbocycles. The van der Waals surface area contributed by atoms with Gasteiger partial charge in [-0.05, 0) is 38.0 Å². The summed E-state index contributed by atoms with van der Waals surface area (Å²) in [6.45, 7) is 4.70. The Morgan fingerprint density at radius 2 is 2.22 bits per heavy atom. The molecule has 2 unspecified atom stereocenters. The summed E-state index contributed by atoms with van der Waals surface area (Å²) >= 11 is 0. The van der Waals surface area contributed by atoms with Gasteiger partial charge in [0.2, 0.25) is 0 Å². The Morgan fingerprint density at radius 1 is 1.44 bits per heavy atom. The molecule has 0 saturated heterocycles. The highest BCUT2D eigenvalue weighted by molar-refractivity contribution is 5.26.